The number of carbonyl (C=O) groups excluding carboxylic acids is 3. The molecule has 0 bridgehead atoms. The summed E-state index contributed by atoms with van der Waals surface area (Å²) in [5.74, 6) is -2.28. The Morgan fingerprint density at radius 1 is 0.839 bits per heavy atom. The van der Waals surface area contributed by atoms with Crippen LogP contribution in [0.15, 0.2) is 0 Å². The molecule has 0 fully saturated rings. The van der Waals surface area contributed by atoms with Crippen molar-refractivity contribution in [3.05, 3.63) is 0 Å². The molecule has 0 aliphatic heterocycles. The topological polar surface area (TPSA) is 151 Å². The van der Waals surface area contributed by atoms with Gasteiger partial charge in [-0.15, -0.1) is 0 Å². The van der Waals surface area contributed by atoms with Crippen LogP contribution < -0.4 is 21.7 Å². The molecular weight excluding hydrogens is 420 g/mol. The maximum absolute atomic E-state index is 12.9. The molecule has 10 heteroatoms. The Morgan fingerprint density at radius 2 is 1.39 bits per heavy atom. The first kappa shape index (κ1) is 29.2. The molecule has 0 saturated heterocycles. The number of hydrogen-bond donors (Lipinski definition) is 5. The second kappa shape index (κ2) is 14.3. The van der Waals surface area contributed by atoms with E-state index in [0.717, 1.165) is 0 Å². The van der Waals surface area contributed by atoms with Gasteiger partial charge < -0.3 is 26.8 Å². The van der Waals surface area contributed by atoms with Crippen LogP contribution in [0.2, 0.25) is 0 Å². The quantitative estimate of drug-likeness (QED) is 0.259. The van der Waals surface area contributed by atoms with Gasteiger partial charge in [0, 0.05) is 0 Å². The average Bonchev–Trinajstić information content (AvgIpc) is 2.66. The van der Waals surface area contributed by atoms with Crippen molar-refractivity contribution >= 4 is 35.5 Å². The minimum absolute atomic E-state index is 0.0739. The molecule has 0 rings (SSSR count). The third kappa shape index (κ3) is 10.9. The van der Waals surface area contributed by atoms with Crippen molar-refractivity contribution in [1.82, 2.24) is 16.0 Å². The Bertz CT molecular complexity index is 613. The van der Waals surface area contributed by atoms with Crippen LogP contribution in [0.3, 0.4) is 0 Å². The zero-order valence-corrected chi connectivity index (χ0v) is 20.5. The smallest absolute Gasteiger partial charge is 0.326 e. The van der Waals surface area contributed by atoms with E-state index in [4.69, 9.17) is 5.73 Å². The molecule has 6 N–H and O–H groups in total. The monoisotopic (exact) mass is 460 g/mol. The van der Waals surface area contributed by atoms with Crippen molar-refractivity contribution in [2.75, 3.05) is 12.0 Å². The summed E-state index contributed by atoms with van der Waals surface area (Å²) in [4.78, 5) is 49.6. The van der Waals surface area contributed by atoms with Gasteiger partial charge in [0.25, 0.3) is 0 Å². The first-order valence-electron chi connectivity index (χ1n) is 10.7. The molecule has 3 amide bonds. The summed E-state index contributed by atoms with van der Waals surface area (Å²) < 4.78 is 0. The lowest BCUT2D eigenvalue weighted by atomic mass is 9.99. The van der Waals surface area contributed by atoms with Crippen molar-refractivity contribution in [2.24, 2.45) is 23.5 Å². The van der Waals surface area contributed by atoms with E-state index in [0.29, 0.717) is 12.2 Å². The highest BCUT2D eigenvalue weighted by Crippen LogP contribution is 2.10. The molecule has 0 spiro atoms. The number of nitrogens with two attached hydrogens (primary N) is 1. The van der Waals surface area contributed by atoms with Crippen LogP contribution in [0.4, 0.5) is 0 Å². The predicted octanol–water partition coefficient (Wildman–Crippen LogP) is 0.964. The lowest BCUT2D eigenvalue weighted by molar-refractivity contribution is -0.143. The number of hydrogen-bond acceptors (Lipinski definition) is 6. The number of carbonyl (C=O) groups is 4. The van der Waals surface area contributed by atoms with Crippen molar-refractivity contribution in [1.29, 1.82) is 0 Å². The molecule has 0 aromatic carbocycles. The van der Waals surface area contributed by atoms with Crippen LogP contribution in [0.1, 0.15) is 54.4 Å². The minimum atomic E-state index is -1.12. The Balaban J connectivity index is 5.38. The van der Waals surface area contributed by atoms with Gasteiger partial charge in [-0.25, -0.2) is 4.79 Å². The second-order valence-corrected chi connectivity index (χ2v) is 9.86. The van der Waals surface area contributed by atoms with E-state index in [1.807, 2.05) is 34.0 Å². The van der Waals surface area contributed by atoms with Gasteiger partial charge in [-0.05, 0) is 42.6 Å². The number of carboxylic acids is 1. The van der Waals surface area contributed by atoms with E-state index >= 15 is 0 Å². The average molecular weight is 461 g/mol. The summed E-state index contributed by atoms with van der Waals surface area (Å²) in [6.45, 7) is 10.9. The third-order valence-corrected chi connectivity index (χ3v) is 5.48. The van der Waals surface area contributed by atoms with Crippen molar-refractivity contribution < 1.29 is 24.3 Å². The van der Waals surface area contributed by atoms with Gasteiger partial charge in [0.2, 0.25) is 17.7 Å². The van der Waals surface area contributed by atoms with Gasteiger partial charge in [-0.2, -0.15) is 11.8 Å². The van der Waals surface area contributed by atoms with E-state index in [-0.39, 0.29) is 24.2 Å². The molecule has 180 valence electrons. The standard InChI is InChI=1S/C21H40N4O5S/c1-11(2)10-15(21(29)30)24-20(28)17(13(5)6)25-18(26)14(8-9-31-7)23-19(27)16(22)12(3)4/h11-17H,8-10,22H2,1-7H3,(H,23,27)(H,24,28)(H,25,26)(H,29,30). The molecule has 4 unspecified atom stereocenters. The molecule has 31 heavy (non-hydrogen) atoms. The fraction of sp³-hybridized carbons (Fsp3) is 0.810. The summed E-state index contributed by atoms with van der Waals surface area (Å²) in [5, 5.41) is 17.3. The molecule has 0 heterocycles. The maximum atomic E-state index is 12.9. The zero-order chi connectivity index (χ0) is 24.3. The Kier molecular flexibility index (Phi) is 13.5. The van der Waals surface area contributed by atoms with Gasteiger partial charge in [0.15, 0.2) is 0 Å². The van der Waals surface area contributed by atoms with Crippen molar-refractivity contribution in [2.45, 2.75) is 78.6 Å². The van der Waals surface area contributed by atoms with E-state index in [1.165, 1.54) is 11.8 Å². The van der Waals surface area contributed by atoms with E-state index < -0.39 is 47.9 Å². The molecule has 0 aliphatic rings. The van der Waals surface area contributed by atoms with E-state index in [9.17, 15) is 24.3 Å². The largest absolute Gasteiger partial charge is 0.480 e. The van der Waals surface area contributed by atoms with Crippen molar-refractivity contribution in [3.8, 4) is 0 Å². The number of amides is 3. The normalized spacial score (nSPS) is 15.3. The van der Waals surface area contributed by atoms with Crippen LogP contribution in [-0.2, 0) is 19.2 Å². The highest BCUT2D eigenvalue weighted by atomic mass is 32.2. The van der Waals surface area contributed by atoms with E-state index in [2.05, 4.69) is 16.0 Å². The fourth-order valence-corrected chi connectivity index (χ4v) is 3.29. The number of thioether (sulfide) groups is 1. The summed E-state index contributed by atoms with van der Waals surface area (Å²) in [5.41, 5.74) is 5.89. The van der Waals surface area contributed by atoms with Crippen LogP contribution in [0.5, 0.6) is 0 Å². The predicted molar refractivity (Wildman–Crippen MR) is 124 cm³/mol. The third-order valence-electron chi connectivity index (χ3n) is 4.83. The number of carboxylic acid groups (broad SMARTS) is 1. The van der Waals surface area contributed by atoms with Crippen LogP contribution in [0, 0.1) is 17.8 Å². The number of nitrogens with one attached hydrogen (secondary N) is 3. The molecule has 4 atom stereocenters. The molecule has 0 saturated carbocycles. The lowest BCUT2D eigenvalue weighted by Crippen LogP contribution is -2.59. The number of rotatable bonds is 14. The zero-order valence-electron chi connectivity index (χ0n) is 19.7. The van der Waals surface area contributed by atoms with Gasteiger partial charge in [0.05, 0.1) is 6.04 Å². The van der Waals surface area contributed by atoms with E-state index in [1.54, 1.807) is 13.8 Å². The van der Waals surface area contributed by atoms with Crippen LogP contribution in [0.25, 0.3) is 0 Å². The fourth-order valence-electron chi connectivity index (χ4n) is 2.82. The van der Waals surface area contributed by atoms with Gasteiger partial charge in [-0.1, -0.05) is 41.5 Å². The number of aliphatic carboxylic acids is 1. The highest BCUT2D eigenvalue weighted by Gasteiger charge is 2.32. The Hall–Kier alpha value is -1.81. The molecule has 0 aromatic rings. The van der Waals surface area contributed by atoms with Crippen LogP contribution >= 0.6 is 11.8 Å². The summed E-state index contributed by atoms with van der Waals surface area (Å²) in [7, 11) is 0. The first-order chi connectivity index (χ1) is 14.3. The summed E-state index contributed by atoms with van der Waals surface area (Å²) >= 11 is 1.53. The first-order valence-corrected chi connectivity index (χ1v) is 12.1. The molecule has 0 aromatic heterocycles. The lowest BCUT2D eigenvalue weighted by Gasteiger charge is -2.27. The maximum Gasteiger partial charge on any atom is 0.326 e. The molecule has 0 aliphatic carbocycles. The summed E-state index contributed by atoms with van der Waals surface area (Å²) in [6.07, 6.45) is 2.54. The summed E-state index contributed by atoms with van der Waals surface area (Å²) in [6, 6.07) is -3.57. The van der Waals surface area contributed by atoms with Crippen molar-refractivity contribution in [3.63, 3.8) is 0 Å². The molecular formula is C21H40N4O5S. The minimum Gasteiger partial charge on any atom is -0.480 e. The van der Waals surface area contributed by atoms with Gasteiger partial charge in [0.1, 0.15) is 18.1 Å². The Labute approximate surface area is 190 Å². The SMILES string of the molecule is CSCCC(NC(=O)C(N)C(C)C)C(=O)NC(C(=O)NC(CC(C)C)C(=O)O)C(C)C. The Morgan fingerprint density at radius 3 is 1.81 bits per heavy atom. The molecule has 9 nitrogen and oxygen atoms in total. The molecule has 0 radical (unpaired) electrons. The van der Waals surface area contributed by atoms with Crippen LogP contribution in [-0.4, -0.2) is 65.0 Å². The highest BCUT2D eigenvalue weighted by molar-refractivity contribution is 7.98. The van der Waals surface area contributed by atoms with Gasteiger partial charge >= 0.3 is 5.97 Å². The second-order valence-electron chi connectivity index (χ2n) is 8.87. The van der Waals surface area contributed by atoms with Gasteiger partial charge in [-0.3, -0.25) is 14.4 Å².